The molecule has 0 aliphatic carbocycles. The van der Waals surface area contributed by atoms with Crippen LogP contribution in [0.4, 0.5) is 10.1 Å². The Morgan fingerprint density at radius 2 is 1.70 bits per heavy atom. The van der Waals surface area contributed by atoms with Crippen molar-refractivity contribution in [2.75, 3.05) is 11.8 Å². The summed E-state index contributed by atoms with van der Waals surface area (Å²) in [4.78, 5) is 24.1. The second kappa shape index (κ2) is 10.4. The van der Waals surface area contributed by atoms with Crippen molar-refractivity contribution in [1.82, 2.24) is 10.9 Å². The third kappa shape index (κ3) is 6.40. The molecule has 8 nitrogen and oxygen atoms in total. The van der Waals surface area contributed by atoms with Crippen LogP contribution in [0.1, 0.15) is 15.9 Å². The number of ether oxygens (including phenoxy) is 1. The van der Waals surface area contributed by atoms with E-state index in [4.69, 9.17) is 4.74 Å². The lowest BCUT2D eigenvalue weighted by Gasteiger charge is -2.12. The second-order valence-corrected chi connectivity index (χ2v) is 8.35. The first-order chi connectivity index (χ1) is 15.8. The van der Waals surface area contributed by atoms with E-state index in [1.54, 1.807) is 30.3 Å². The Hall–Kier alpha value is -4.18. The molecule has 0 saturated heterocycles. The zero-order valence-corrected chi connectivity index (χ0v) is 18.2. The van der Waals surface area contributed by atoms with E-state index in [0.29, 0.717) is 11.3 Å². The minimum atomic E-state index is -4.02. The van der Waals surface area contributed by atoms with Crippen LogP contribution in [0.2, 0.25) is 0 Å². The summed E-state index contributed by atoms with van der Waals surface area (Å²) in [6, 6.07) is 17.4. The van der Waals surface area contributed by atoms with Crippen LogP contribution in [-0.2, 0) is 14.8 Å². The van der Waals surface area contributed by atoms with E-state index in [-0.39, 0.29) is 16.1 Å². The van der Waals surface area contributed by atoms with Gasteiger partial charge in [-0.15, -0.1) is 0 Å². The molecular formula is C23H20FN3O5S. The fourth-order valence-electron chi connectivity index (χ4n) is 2.75. The zero-order chi connectivity index (χ0) is 23.8. The van der Waals surface area contributed by atoms with Crippen molar-refractivity contribution < 1.29 is 27.1 Å². The third-order valence-electron chi connectivity index (χ3n) is 4.33. The maximum absolute atomic E-state index is 13.2. The monoisotopic (exact) mass is 469 g/mol. The molecular weight excluding hydrogens is 449 g/mol. The summed E-state index contributed by atoms with van der Waals surface area (Å²) in [6.07, 6.45) is 2.49. The van der Waals surface area contributed by atoms with Gasteiger partial charge < -0.3 is 4.74 Å². The Bertz CT molecular complexity index is 1310. The van der Waals surface area contributed by atoms with Gasteiger partial charge in [0.15, 0.2) is 0 Å². The molecule has 0 aromatic heterocycles. The topological polar surface area (TPSA) is 114 Å². The number of carbonyl (C=O) groups excluding carboxylic acids is 2. The Kier molecular flexibility index (Phi) is 7.42. The highest BCUT2D eigenvalue weighted by Gasteiger charge is 2.18. The largest absolute Gasteiger partial charge is 0.495 e. The molecule has 0 unspecified atom stereocenters. The van der Waals surface area contributed by atoms with E-state index in [9.17, 15) is 22.4 Å². The molecule has 0 bridgehead atoms. The number of amides is 2. The summed E-state index contributed by atoms with van der Waals surface area (Å²) in [7, 11) is -2.60. The summed E-state index contributed by atoms with van der Waals surface area (Å²) in [6.45, 7) is 0. The average molecular weight is 469 g/mol. The molecule has 3 rings (SSSR count). The molecule has 0 aliphatic rings. The van der Waals surface area contributed by atoms with Gasteiger partial charge in [0, 0.05) is 11.6 Å². The lowest BCUT2D eigenvalue weighted by atomic mass is 10.2. The number of hydrogen-bond donors (Lipinski definition) is 3. The Morgan fingerprint density at radius 1 is 0.939 bits per heavy atom. The van der Waals surface area contributed by atoms with E-state index >= 15 is 0 Å². The summed E-state index contributed by atoms with van der Waals surface area (Å²) in [5.41, 5.74) is 5.09. The average Bonchev–Trinajstić information content (AvgIpc) is 2.81. The van der Waals surface area contributed by atoms with Gasteiger partial charge >= 0.3 is 0 Å². The molecule has 0 aliphatic heterocycles. The van der Waals surface area contributed by atoms with Crippen LogP contribution in [0.5, 0.6) is 5.75 Å². The molecule has 0 radical (unpaired) electrons. The van der Waals surface area contributed by atoms with Crippen molar-refractivity contribution in [1.29, 1.82) is 0 Å². The van der Waals surface area contributed by atoms with Crippen molar-refractivity contribution in [2.24, 2.45) is 0 Å². The van der Waals surface area contributed by atoms with Gasteiger partial charge in [0.2, 0.25) is 0 Å². The molecule has 33 heavy (non-hydrogen) atoms. The lowest BCUT2D eigenvalue weighted by Crippen LogP contribution is -2.40. The van der Waals surface area contributed by atoms with E-state index in [0.717, 1.165) is 6.08 Å². The highest BCUT2D eigenvalue weighted by atomic mass is 32.2. The first kappa shape index (κ1) is 23.5. The number of anilines is 1. The summed E-state index contributed by atoms with van der Waals surface area (Å²) >= 11 is 0. The molecule has 2 amide bonds. The van der Waals surface area contributed by atoms with Crippen molar-refractivity contribution in [3.05, 3.63) is 95.8 Å². The fraction of sp³-hybridized carbons (Fsp3) is 0.0435. The maximum atomic E-state index is 13.2. The van der Waals surface area contributed by atoms with Gasteiger partial charge in [0.1, 0.15) is 11.6 Å². The maximum Gasteiger partial charge on any atom is 0.269 e. The van der Waals surface area contributed by atoms with Gasteiger partial charge in [0.05, 0.1) is 17.7 Å². The van der Waals surface area contributed by atoms with Crippen molar-refractivity contribution in [2.45, 2.75) is 4.90 Å². The quantitative estimate of drug-likeness (QED) is 0.364. The number of hydrazine groups is 1. The van der Waals surface area contributed by atoms with Crippen LogP contribution in [0.15, 0.2) is 83.8 Å². The lowest BCUT2D eigenvalue weighted by molar-refractivity contribution is -0.117. The van der Waals surface area contributed by atoms with Crippen LogP contribution < -0.4 is 20.3 Å². The smallest absolute Gasteiger partial charge is 0.269 e. The van der Waals surface area contributed by atoms with Crippen molar-refractivity contribution in [3.63, 3.8) is 0 Å². The van der Waals surface area contributed by atoms with Crippen LogP contribution in [0.3, 0.4) is 0 Å². The number of halogens is 1. The standard InChI is InChI=1S/C23H20FN3O5S/c1-32-21-11-3-2-10-20(21)27-33(30,31)19-9-5-7-17(15-19)23(29)26-25-22(28)13-12-16-6-4-8-18(24)14-16/h2-15,27H,1H3,(H,25,28)(H,26,29)/b13-12+. The van der Waals surface area contributed by atoms with Crippen molar-refractivity contribution in [3.8, 4) is 5.75 Å². The predicted octanol–water partition coefficient (Wildman–Crippen LogP) is 3.11. The molecule has 3 aromatic rings. The first-order valence-electron chi connectivity index (χ1n) is 9.58. The number of benzene rings is 3. The molecule has 0 atom stereocenters. The molecule has 3 N–H and O–H groups in total. The van der Waals surface area contributed by atoms with Gasteiger partial charge in [0.25, 0.3) is 21.8 Å². The third-order valence-corrected chi connectivity index (χ3v) is 5.70. The number of rotatable bonds is 7. The zero-order valence-electron chi connectivity index (χ0n) is 17.4. The number of methoxy groups -OCH3 is 1. The van der Waals surface area contributed by atoms with Crippen molar-refractivity contribution >= 4 is 33.6 Å². The molecule has 0 heterocycles. The fourth-order valence-corrected chi connectivity index (χ4v) is 3.87. The highest BCUT2D eigenvalue weighted by molar-refractivity contribution is 7.92. The molecule has 0 fully saturated rings. The van der Waals surface area contributed by atoms with Gasteiger partial charge in [-0.05, 0) is 54.1 Å². The Labute approximate surface area is 190 Å². The Balaban J connectivity index is 1.66. The van der Waals surface area contributed by atoms with Crippen LogP contribution in [-0.4, -0.2) is 27.3 Å². The molecule has 3 aromatic carbocycles. The van der Waals surface area contributed by atoms with Crippen LogP contribution in [0.25, 0.3) is 6.08 Å². The van der Waals surface area contributed by atoms with Gasteiger partial charge in [-0.3, -0.25) is 25.2 Å². The summed E-state index contributed by atoms with van der Waals surface area (Å²) < 4.78 is 46.2. The predicted molar refractivity (Wildman–Crippen MR) is 121 cm³/mol. The second-order valence-electron chi connectivity index (χ2n) is 6.67. The van der Waals surface area contributed by atoms with Gasteiger partial charge in [-0.1, -0.05) is 30.3 Å². The van der Waals surface area contributed by atoms with Crippen LogP contribution >= 0.6 is 0 Å². The van der Waals surface area contributed by atoms with Gasteiger partial charge in [-0.2, -0.15) is 0 Å². The normalized spacial score (nSPS) is 11.1. The highest BCUT2D eigenvalue weighted by Crippen LogP contribution is 2.26. The van der Waals surface area contributed by atoms with E-state index in [1.807, 2.05) is 0 Å². The Morgan fingerprint density at radius 3 is 2.45 bits per heavy atom. The summed E-state index contributed by atoms with van der Waals surface area (Å²) in [5, 5.41) is 0. The molecule has 170 valence electrons. The summed E-state index contributed by atoms with van der Waals surface area (Å²) in [5.74, 6) is -1.49. The van der Waals surface area contributed by atoms with Gasteiger partial charge in [-0.25, -0.2) is 12.8 Å². The minimum absolute atomic E-state index is 0.00677. The molecule has 10 heteroatoms. The van der Waals surface area contributed by atoms with Crippen LogP contribution in [0, 0.1) is 5.82 Å². The minimum Gasteiger partial charge on any atom is -0.495 e. The molecule has 0 spiro atoms. The van der Waals surface area contributed by atoms with E-state index in [1.165, 1.54) is 55.7 Å². The number of sulfonamides is 1. The van der Waals surface area contributed by atoms with E-state index in [2.05, 4.69) is 15.6 Å². The molecule has 0 saturated carbocycles. The number of nitrogens with one attached hydrogen (secondary N) is 3. The van der Waals surface area contributed by atoms with E-state index < -0.39 is 27.7 Å². The number of para-hydroxylation sites is 2. The number of carbonyl (C=O) groups is 2. The SMILES string of the molecule is COc1ccccc1NS(=O)(=O)c1cccc(C(=O)NNC(=O)/C=C/c2cccc(F)c2)c1. The first-order valence-corrected chi connectivity index (χ1v) is 11.1. The number of hydrogen-bond acceptors (Lipinski definition) is 5.